The van der Waals surface area contributed by atoms with Crippen LogP contribution in [0.3, 0.4) is 0 Å². The number of halogens is 1. The first-order valence-corrected chi connectivity index (χ1v) is 10.8. The van der Waals surface area contributed by atoms with Gasteiger partial charge in [-0.2, -0.15) is 4.68 Å². The van der Waals surface area contributed by atoms with Gasteiger partial charge in [-0.15, -0.1) is 0 Å². The summed E-state index contributed by atoms with van der Waals surface area (Å²) >= 11 is 6.15. The van der Waals surface area contributed by atoms with Crippen LogP contribution in [0.25, 0.3) is 22.3 Å². The van der Waals surface area contributed by atoms with Gasteiger partial charge in [0, 0.05) is 16.1 Å². The quantitative estimate of drug-likeness (QED) is 0.391. The molecule has 4 aromatic rings. The number of ether oxygens (including phenoxy) is 1. The average molecular weight is 448 g/mol. The van der Waals surface area contributed by atoms with E-state index in [1.807, 2.05) is 6.07 Å². The number of carbonyl (C=O) groups is 1. The van der Waals surface area contributed by atoms with E-state index in [9.17, 15) is 9.59 Å². The summed E-state index contributed by atoms with van der Waals surface area (Å²) in [5.41, 5.74) is 3.86. The minimum atomic E-state index is -0.437. The highest BCUT2D eigenvalue weighted by Gasteiger charge is 2.16. The van der Waals surface area contributed by atoms with Crippen LogP contribution in [0.1, 0.15) is 30.1 Å². The van der Waals surface area contributed by atoms with E-state index in [1.165, 1.54) is 4.68 Å². The van der Waals surface area contributed by atoms with Crippen molar-refractivity contribution < 1.29 is 9.53 Å². The normalized spacial score (nSPS) is 10.8. The molecule has 0 saturated heterocycles. The standard InChI is InChI=1S/C25H22ClN3O3/c1-2-3-15-32-20-13-11-17(12-14-20)24(30)28-29-23(18-7-6-8-19(26)16-18)27-22-10-5-4-9-21(22)25(29)31/h4-14,16H,2-3,15H2,1H3,(H,28,30). The third kappa shape index (κ3) is 4.65. The molecule has 3 aromatic carbocycles. The van der Waals surface area contributed by atoms with Gasteiger partial charge in [0.05, 0.1) is 17.5 Å². The molecule has 0 fully saturated rings. The first-order chi connectivity index (χ1) is 15.6. The fourth-order valence-corrected chi connectivity index (χ4v) is 3.45. The van der Waals surface area contributed by atoms with Crippen molar-refractivity contribution in [3.63, 3.8) is 0 Å². The SMILES string of the molecule is CCCCOc1ccc(C(=O)Nn2c(-c3cccc(Cl)c3)nc3ccccc3c2=O)cc1. The summed E-state index contributed by atoms with van der Waals surface area (Å²) in [5.74, 6) is 0.552. The van der Waals surface area contributed by atoms with Gasteiger partial charge >= 0.3 is 0 Å². The van der Waals surface area contributed by atoms with Gasteiger partial charge in [0.15, 0.2) is 5.82 Å². The van der Waals surface area contributed by atoms with Crippen molar-refractivity contribution in [2.24, 2.45) is 0 Å². The van der Waals surface area contributed by atoms with Crippen molar-refractivity contribution in [2.45, 2.75) is 19.8 Å². The zero-order valence-corrected chi connectivity index (χ0v) is 18.3. The molecule has 0 aliphatic carbocycles. The lowest BCUT2D eigenvalue weighted by Crippen LogP contribution is -2.35. The molecule has 0 saturated carbocycles. The summed E-state index contributed by atoms with van der Waals surface area (Å²) in [6, 6.07) is 20.8. The van der Waals surface area contributed by atoms with Gasteiger partial charge in [0.1, 0.15) is 5.75 Å². The zero-order chi connectivity index (χ0) is 22.5. The number of hydrogen-bond donors (Lipinski definition) is 1. The van der Waals surface area contributed by atoms with Crippen LogP contribution in [0, 0.1) is 0 Å². The number of rotatable bonds is 7. The molecule has 1 heterocycles. The van der Waals surface area contributed by atoms with E-state index in [-0.39, 0.29) is 5.56 Å². The van der Waals surface area contributed by atoms with Gasteiger partial charge in [-0.3, -0.25) is 15.0 Å². The molecule has 1 amide bonds. The van der Waals surface area contributed by atoms with Gasteiger partial charge in [0.2, 0.25) is 0 Å². The number of para-hydroxylation sites is 1. The Hall–Kier alpha value is -3.64. The zero-order valence-electron chi connectivity index (χ0n) is 17.5. The lowest BCUT2D eigenvalue weighted by atomic mass is 10.2. The lowest BCUT2D eigenvalue weighted by Gasteiger charge is -2.15. The van der Waals surface area contributed by atoms with Gasteiger partial charge in [-0.05, 0) is 55.0 Å². The highest BCUT2D eigenvalue weighted by molar-refractivity contribution is 6.30. The van der Waals surface area contributed by atoms with Crippen LogP contribution in [0.2, 0.25) is 5.02 Å². The van der Waals surface area contributed by atoms with Crippen molar-refractivity contribution in [2.75, 3.05) is 12.0 Å². The van der Waals surface area contributed by atoms with Gasteiger partial charge in [-0.1, -0.05) is 49.2 Å². The highest BCUT2D eigenvalue weighted by atomic mass is 35.5. The molecule has 0 spiro atoms. The lowest BCUT2D eigenvalue weighted by molar-refractivity contribution is 0.101. The van der Waals surface area contributed by atoms with Crippen LogP contribution >= 0.6 is 11.6 Å². The fraction of sp³-hybridized carbons (Fsp3) is 0.160. The first kappa shape index (κ1) is 21.6. The first-order valence-electron chi connectivity index (χ1n) is 10.4. The van der Waals surface area contributed by atoms with Crippen molar-refractivity contribution in [3.8, 4) is 17.1 Å². The van der Waals surface area contributed by atoms with Crippen molar-refractivity contribution in [1.82, 2.24) is 9.66 Å². The number of hydrogen-bond acceptors (Lipinski definition) is 4. The van der Waals surface area contributed by atoms with E-state index in [1.54, 1.807) is 66.7 Å². The molecule has 0 atom stereocenters. The number of amides is 1. The van der Waals surface area contributed by atoms with Gasteiger partial charge in [-0.25, -0.2) is 4.98 Å². The third-order valence-electron chi connectivity index (χ3n) is 4.95. The minimum Gasteiger partial charge on any atom is -0.494 e. The summed E-state index contributed by atoms with van der Waals surface area (Å²) < 4.78 is 6.81. The Morgan fingerprint density at radius 1 is 1.06 bits per heavy atom. The number of benzene rings is 3. The number of unbranched alkanes of at least 4 members (excludes halogenated alkanes) is 1. The Balaban J connectivity index is 1.70. The number of nitrogens with zero attached hydrogens (tertiary/aromatic N) is 2. The summed E-state index contributed by atoms with van der Waals surface area (Å²) in [5, 5.41) is 0.902. The van der Waals surface area contributed by atoms with Crippen molar-refractivity contribution in [3.05, 3.63) is 93.7 Å². The van der Waals surface area contributed by atoms with Crippen LogP contribution in [0.15, 0.2) is 77.6 Å². The van der Waals surface area contributed by atoms with Crippen LogP contribution < -0.4 is 15.7 Å². The number of aromatic nitrogens is 2. The summed E-state index contributed by atoms with van der Waals surface area (Å²) in [7, 11) is 0. The second-order valence-electron chi connectivity index (χ2n) is 7.27. The van der Waals surface area contributed by atoms with Crippen LogP contribution in [0.5, 0.6) is 5.75 Å². The molecule has 1 N–H and O–H groups in total. The van der Waals surface area contributed by atoms with Crippen LogP contribution in [0.4, 0.5) is 0 Å². The molecular weight excluding hydrogens is 426 g/mol. The van der Waals surface area contributed by atoms with E-state index in [4.69, 9.17) is 16.3 Å². The Morgan fingerprint density at radius 3 is 2.59 bits per heavy atom. The topological polar surface area (TPSA) is 73.2 Å². The number of nitrogens with one attached hydrogen (secondary N) is 1. The fourth-order valence-electron chi connectivity index (χ4n) is 3.26. The second kappa shape index (κ2) is 9.66. The van der Waals surface area contributed by atoms with E-state index >= 15 is 0 Å². The maximum atomic E-state index is 13.2. The second-order valence-corrected chi connectivity index (χ2v) is 7.71. The van der Waals surface area contributed by atoms with E-state index < -0.39 is 5.91 Å². The predicted octanol–water partition coefficient (Wildman–Crippen LogP) is 5.28. The molecule has 0 bridgehead atoms. The summed E-state index contributed by atoms with van der Waals surface area (Å²) in [6.07, 6.45) is 2.01. The third-order valence-corrected chi connectivity index (χ3v) is 5.19. The Labute approximate surface area is 190 Å². The Morgan fingerprint density at radius 2 is 1.84 bits per heavy atom. The molecule has 0 radical (unpaired) electrons. The molecule has 4 rings (SSSR count). The Bertz CT molecular complexity index is 1320. The molecule has 6 nitrogen and oxygen atoms in total. The smallest absolute Gasteiger partial charge is 0.280 e. The maximum Gasteiger partial charge on any atom is 0.280 e. The molecule has 162 valence electrons. The largest absolute Gasteiger partial charge is 0.494 e. The average Bonchev–Trinajstić information content (AvgIpc) is 2.81. The molecule has 0 aliphatic rings. The molecule has 0 unspecified atom stereocenters. The summed E-state index contributed by atoms with van der Waals surface area (Å²) in [6.45, 7) is 2.72. The number of carbonyl (C=O) groups excluding carboxylic acids is 1. The van der Waals surface area contributed by atoms with Gasteiger partial charge < -0.3 is 4.74 Å². The molecular formula is C25H22ClN3O3. The molecule has 1 aromatic heterocycles. The van der Waals surface area contributed by atoms with Gasteiger partial charge in [0.25, 0.3) is 11.5 Å². The highest BCUT2D eigenvalue weighted by Crippen LogP contribution is 2.22. The monoisotopic (exact) mass is 447 g/mol. The van der Waals surface area contributed by atoms with Crippen LogP contribution in [-0.4, -0.2) is 22.2 Å². The Kier molecular flexibility index (Phi) is 6.52. The number of fused-ring (bicyclic) bond motifs is 1. The predicted molar refractivity (Wildman–Crippen MR) is 127 cm³/mol. The van der Waals surface area contributed by atoms with Crippen molar-refractivity contribution >= 4 is 28.4 Å². The van der Waals surface area contributed by atoms with Crippen molar-refractivity contribution in [1.29, 1.82) is 0 Å². The summed E-state index contributed by atoms with van der Waals surface area (Å²) in [4.78, 5) is 30.8. The minimum absolute atomic E-state index is 0.295. The molecule has 32 heavy (non-hydrogen) atoms. The molecule has 7 heteroatoms. The maximum absolute atomic E-state index is 13.2. The van der Waals surface area contributed by atoms with Crippen LogP contribution in [-0.2, 0) is 0 Å². The molecule has 0 aliphatic heterocycles. The van der Waals surface area contributed by atoms with E-state index in [0.717, 1.165) is 12.8 Å². The van der Waals surface area contributed by atoms with E-state index in [0.29, 0.717) is 45.2 Å². The van der Waals surface area contributed by atoms with E-state index in [2.05, 4.69) is 17.3 Å².